The van der Waals surface area contributed by atoms with Crippen molar-refractivity contribution < 1.29 is 9.53 Å². The van der Waals surface area contributed by atoms with E-state index in [-0.39, 0.29) is 17.7 Å². The van der Waals surface area contributed by atoms with Gasteiger partial charge in [-0.2, -0.15) is 0 Å². The van der Waals surface area contributed by atoms with E-state index in [4.69, 9.17) is 4.74 Å². The molecular weight excluding hydrogens is 422 g/mol. The van der Waals surface area contributed by atoms with Crippen LogP contribution in [0.1, 0.15) is 42.9 Å². The highest BCUT2D eigenvalue weighted by molar-refractivity contribution is 6.02. The van der Waals surface area contributed by atoms with Crippen molar-refractivity contribution in [3.05, 3.63) is 101 Å². The predicted molar refractivity (Wildman–Crippen MR) is 136 cm³/mol. The Morgan fingerprint density at radius 1 is 0.912 bits per heavy atom. The average Bonchev–Trinajstić information content (AvgIpc) is 3.21. The van der Waals surface area contributed by atoms with Gasteiger partial charge in [-0.1, -0.05) is 42.5 Å². The molecule has 6 rings (SSSR count). The first-order chi connectivity index (χ1) is 16.7. The smallest absolute Gasteiger partial charge is 0.163 e. The van der Waals surface area contributed by atoms with Crippen molar-refractivity contribution in [3.63, 3.8) is 0 Å². The third-order valence-electron chi connectivity index (χ3n) is 6.90. The molecule has 2 unspecified atom stereocenters. The lowest BCUT2D eigenvalue weighted by Crippen LogP contribution is -2.26. The Hall–Kier alpha value is -3.99. The van der Waals surface area contributed by atoms with Crippen molar-refractivity contribution in [3.8, 4) is 5.75 Å². The van der Waals surface area contributed by atoms with Gasteiger partial charge in [-0.05, 0) is 55.2 Å². The van der Waals surface area contributed by atoms with E-state index in [0.29, 0.717) is 13.0 Å². The summed E-state index contributed by atoms with van der Waals surface area (Å²) in [6.07, 6.45) is 3.31. The van der Waals surface area contributed by atoms with E-state index in [0.717, 1.165) is 51.3 Å². The SMILES string of the molecule is CCOc1ccc(C2CC(=O)C3=C(C2)Nc2ccccc2NC3c2c[nH]c3ccccc23)cc1. The van der Waals surface area contributed by atoms with Crippen molar-refractivity contribution in [2.24, 2.45) is 0 Å². The monoisotopic (exact) mass is 449 g/mol. The summed E-state index contributed by atoms with van der Waals surface area (Å²) in [5.74, 6) is 1.17. The zero-order valence-corrected chi connectivity index (χ0v) is 19.1. The van der Waals surface area contributed by atoms with Gasteiger partial charge in [0.1, 0.15) is 5.75 Å². The number of H-pyrrole nitrogens is 1. The van der Waals surface area contributed by atoms with Crippen molar-refractivity contribution >= 4 is 28.1 Å². The van der Waals surface area contributed by atoms with Crippen molar-refractivity contribution in [2.45, 2.75) is 31.7 Å². The Morgan fingerprint density at radius 3 is 2.50 bits per heavy atom. The van der Waals surface area contributed by atoms with Crippen LogP contribution in [0.15, 0.2) is 90.3 Å². The average molecular weight is 450 g/mol. The van der Waals surface area contributed by atoms with Gasteiger partial charge in [-0.3, -0.25) is 4.79 Å². The number of aromatic nitrogens is 1. The number of fused-ring (bicyclic) bond motifs is 2. The van der Waals surface area contributed by atoms with Crippen LogP contribution in [0.25, 0.3) is 10.9 Å². The molecule has 5 nitrogen and oxygen atoms in total. The third-order valence-corrected chi connectivity index (χ3v) is 6.90. The van der Waals surface area contributed by atoms with Crippen LogP contribution in [0.5, 0.6) is 5.75 Å². The summed E-state index contributed by atoms with van der Waals surface area (Å²) < 4.78 is 5.60. The number of ketones is 1. The molecule has 1 aliphatic heterocycles. The van der Waals surface area contributed by atoms with Gasteiger partial charge in [0.15, 0.2) is 5.78 Å². The third kappa shape index (κ3) is 3.54. The maximum absolute atomic E-state index is 13.8. The van der Waals surface area contributed by atoms with Gasteiger partial charge in [0, 0.05) is 40.4 Å². The number of Topliss-reactive ketones (excluding diaryl/α,β-unsaturated/α-hetero) is 1. The molecule has 34 heavy (non-hydrogen) atoms. The van der Waals surface area contributed by atoms with Gasteiger partial charge >= 0.3 is 0 Å². The first-order valence-corrected chi connectivity index (χ1v) is 11.9. The van der Waals surface area contributed by atoms with Crippen molar-refractivity contribution in [2.75, 3.05) is 17.2 Å². The lowest BCUT2D eigenvalue weighted by atomic mass is 9.78. The van der Waals surface area contributed by atoms with Crippen LogP contribution < -0.4 is 15.4 Å². The molecule has 0 amide bonds. The Bertz CT molecular complexity index is 1400. The number of carbonyl (C=O) groups is 1. The number of anilines is 2. The number of hydrogen-bond acceptors (Lipinski definition) is 4. The zero-order chi connectivity index (χ0) is 23.1. The molecule has 170 valence electrons. The number of benzene rings is 3. The molecule has 4 aromatic rings. The second-order valence-corrected chi connectivity index (χ2v) is 8.96. The molecule has 1 aromatic heterocycles. The minimum atomic E-state index is -0.226. The molecule has 0 fully saturated rings. The van der Waals surface area contributed by atoms with Gasteiger partial charge in [0.05, 0.1) is 24.0 Å². The summed E-state index contributed by atoms with van der Waals surface area (Å²) in [6, 6.07) is 24.4. The van der Waals surface area contributed by atoms with Gasteiger partial charge in [-0.15, -0.1) is 0 Å². The van der Waals surface area contributed by atoms with Crippen LogP contribution in [-0.2, 0) is 4.79 Å². The number of rotatable bonds is 4. The summed E-state index contributed by atoms with van der Waals surface area (Å²) in [5.41, 5.74) is 7.16. The summed E-state index contributed by atoms with van der Waals surface area (Å²) in [4.78, 5) is 17.1. The van der Waals surface area contributed by atoms with Gasteiger partial charge in [0.2, 0.25) is 0 Å². The lowest BCUT2D eigenvalue weighted by Gasteiger charge is -2.29. The van der Waals surface area contributed by atoms with E-state index in [2.05, 4.69) is 52.0 Å². The molecule has 0 saturated heterocycles. The number of hydrogen-bond donors (Lipinski definition) is 3. The highest BCUT2D eigenvalue weighted by Crippen LogP contribution is 2.45. The van der Waals surface area contributed by atoms with Crippen LogP contribution in [0.2, 0.25) is 0 Å². The number of ether oxygens (including phenoxy) is 1. The molecule has 3 aromatic carbocycles. The minimum absolute atomic E-state index is 0.128. The molecule has 1 aliphatic carbocycles. The van der Waals surface area contributed by atoms with E-state index in [1.54, 1.807) is 0 Å². The highest BCUT2D eigenvalue weighted by Gasteiger charge is 2.36. The number of allylic oxidation sites excluding steroid dienone is 1. The maximum Gasteiger partial charge on any atom is 0.163 e. The fourth-order valence-corrected chi connectivity index (χ4v) is 5.30. The molecule has 2 atom stereocenters. The molecule has 5 heteroatoms. The Morgan fingerprint density at radius 2 is 1.68 bits per heavy atom. The quantitative estimate of drug-likeness (QED) is 0.331. The van der Waals surface area contributed by atoms with Crippen LogP contribution >= 0.6 is 0 Å². The van der Waals surface area contributed by atoms with E-state index in [1.807, 2.05) is 49.5 Å². The topological polar surface area (TPSA) is 66.2 Å². The van der Waals surface area contributed by atoms with Crippen molar-refractivity contribution in [1.82, 2.24) is 4.98 Å². The predicted octanol–water partition coefficient (Wildman–Crippen LogP) is 6.55. The van der Waals surface area contributed by atoms with Gasteiger partial charge < -0.3 is 20.4 Å². The van der Waals surface area contributed by atoms with E-state index >= 15 is 0 Å². The molecule has 0 radical (unpaired) electrons. The van der Waals surface area contributed by atoms with E-state index in [1.165, 1.54) is 5.56 Å². The first-order valence-electron chi connectivity index (χ1n) is 11.9. The Labute approximate surface area is 198 Å². The Kier molecular flexibility index (Phi) is 5.10. The molecular formula is C29H27N3O2. The van der Waals surface area contributed by atoms with Crippen LogP contribution in [-0.4, -0.2) is 17.4 Å². The molecule has 0 spiro atoms. The van der Waals surface area contributed by atoms with Crippen LogP contribution in [0, 0.1) is 0 Å². The molecule has 3 N–H and O–H groups in total. The molecule has 0 saturated carbocycles. The van der Waals surface area contributed by atoms with E-state index < -0.39 is 0 Å². The zero-order valence-electron chi connectivity index (χ0n) is 19.1. The first kappa shape index (κ1) is 20.6. The lowest BCUT2D eigenvalue weighted by molar-refractivity contribution is -0.116. The van der Waals surface area contributed by atoms with Crippen molar-refractivity contribution in [1.29, 1.82) is 0 Å². The molecule has 2 heterocycles. The highest BCUT2D eigenvalue weighted by atomic mass is 16.5. The fourth-order valence-electron chi connectivity index (χ4n) is 5.30. The largest absolute Gasteiger partial charge is 0.494 e. The second-order valence-electron chi connectivity index (χ2n) is 8.96. The van der Waals surface area contributed by atoms with Gasteiger partial charge in [0.25, 0.3) is 0 Å². The molecule has 0 bridgehead atoms. The summed E-state index contributed by atoms with van der Waals surface area (Å²) in [7, 11) is 0. The second kappa shape index (κ2) is 8.41. The molecule has 2 aliphatic rings. The number of carbonyl (C=O) groups excluding carboxylic acids is 1. The van der Waals surface area contributed by atoms with Crippen LogP contribution in [0.4, 0.5) is 11.4 Å². The van der Waals surface area contributed by atoms with Crippen LogP contribution in [0.3, 0.4) is 0 Å². The van der Waals surface area contributed by atoms with E-state index in [9.17, 15) is 4.79 Å². The standard InChI is InChI=1S/C29H27N3O2/c1-2-34-20-13-11-18(12-14-20)19-15-26-28(27(33)16-19)29(32-25-10-6-5-9-24(25)31-26)22-17-30-23-8-4-3-7-21(22)23/h3-14,17,19,29-32H,2,15-16H2,1H3. The summed E-state index contributed by atoms with van der Waals surface area (Å²) in [6.45, 7) is 2.62. The minimum Gasteiger partial charge on any atom is -0.494 e. The summed E-state index contributed by atoms with van der Waals surface area (Å²) >= 11 is 0. The normalized spacial score (nSPS) is 19.6. The number of para-hydroxylation sites is 3. The Balaban J connectivity index is 1.43. The fraction of sp³-hybridized carbons (Fsp3) is 0.207. The summed E-state index contributed by atoms with van der Waals surface area (Å²) in [5, 5.41) is 8.44. The maximum atomic E-state index is 13.8. The number of nitrogens with one attached hydrogen (secondary N) is 3. The van der Waals surface area contributed by atoms with Gasteiger partial charge in [-0.25, -0.2) is 0 Å². The number of aromatic amines is 1.